The number of piperidine rings is 1. The second kappa shape index (κ2) is 6.85. The number of aromatic nitrogens is 3. The molecular weight excluding hydrogens is 358 g/mol. The molecule has 5 nitrogen and oxygen atoms in total. The van der Waals surface area contributed by atoms with Crippen molar-refractivity contribution in [3.63, 3.8) is 0 Å². The number of nitrogen functional groups attached to an aromatic ring is 1. The molecule has 0 bridgehead atoms. The number of benzene rings is 1. The molecule has 0 amide bonds. The number of fused-ring (bicyclic) bond motifs is 3. The molecule has 1 fully saturated rings. The van der Waals surface area contributed by atoms with Crippen molar-refractivity contribution in [1.29, 1.82) is 0 Å². The number of hydrogen-bond acceptors (Lipinski definition) is 4. The maximum Gasteiger partial charge on any atom is 0.138 e. The molecule has 0 unspecified atom stereocenters. The molecule has 1 aromatic carbocycles. The van der Waals surface area contributed by atoms with Crippen LogP contribution in [0.25, 0.3) is 33.1 Å². The standard InChI is InChI=1S/C24H27N5/c1-24(2)9-3-4-10-29(24)15-16-5-7-17(8-6-16)18-11-20-19-12-22(25)26-14-21(19)28-23(20)27-13-18/h5-8,11-14H,3-4,9-10,15H2,1-2H3,(H2,25,26)(H,27,28). The molecular formula is C24H27N5. The van der Waals surface area contributed by atoms with Crippen LogP contribution in [0, 0.1) is 0 Å². The number of likely N-dealkylation sites (tertiary alicyclic amines) is 1. The first kappa shape index (κ1) is 18.1. The Kier molecular flexibility index (Phi) is 4.28. The van der Waals surface area contributed by atoms with E-state index in [0.717, 1.165) is 34.0 Å². The van der Waals surface area contributed by atoms with E-state index in [-0.39, 0.29) is 5.54 Å². The Bertz CT molecular complexity index is 1170. The quantitative estimate of drug-likeness (QED) is 0.513. The second-order valence-electron chi connectivity index (χ2n) is 8.79. The van der Waals surface area contributed by atoms with Crippen molar-refractivity contribution in [2.24, 2.45) is 0 Å². The summed E-state index contributed by atoms with van der Waals surface area (Å²) in [6.45, 7) is 6.93. The molecule has 5 heteroatoms. The van der Waals surface area contributed by atoms with E-state index in [2.05, 4.69) is 64.0 Å². The first-order chi connectivity index (χ1) is 14.0. The van der Waals surface area contributed by atoms with Gasteiger partial charge in [-0.3, -0.25) is 4.90 Å². The number of aromatic amines is 1. The smallest absolute Gasteiger partial charge is 0.138 e. The minimum absolute atomic E-state index is 0.290. The highest BCUT2D eigenvalue weighted by atomic mass is 15.2. The third kappa shape index (κ3) is 3.36. The van der Waals surface area contributed by atoms with Gasteiger partial charge in [0.2, 0.25) is 0 Å². The van der Waals surface area contributed by atoms with E-state index in [1.807, 2.05) is 12.3 Å². The summed E-state index contributed by atoms with van der Waals surface area (Å²) in [4.78, 5) is 14.7. The highest BCUT2D eigenvalue weighted by molar-refractivity contribution is 6.07. The molecule has 1 saturated heterocycles. The van der Waals surface area contributed by atoms with Crippen LogP contribution in [0.1, 0.15) is 38.7 Å². The topological polar surface area (TPSA) is 70.8 Å². The Labute approximate surface area is 171 Å². The van der Waals surface area contributed by atoms with Crippen molar-refractivity contribution < 1.29 is 0 Å². The molecule has 0 spiro atoms. The van der Waals surface area contributed by atoms with E-state index in [1.165, 1.54) is 36.9 Å². The van der Waals surface area contributed by atoms with Crippen molar-refractivity contribution in [2.75, 3.05) is 12.3 Å². The molecule has 148 valence electrons. The number of rotatable bonds is 3. The van der Waals surface area contributed by atoms with Gasteiger partial charge >= 0.3 is 0 Å². The van der Waals surface area contributed by atoms with Crippen LogP contribution in [0.5, 0.6) is 0 Å². The summed E-state index contributed by atoms with van der Waals surface area (Å²) in [6.07, 6.45) is 7.62. The summed E-state index contributed by atoms with van der Waals surface area (Å²) in [6, 6.07) is 13.0. The minimum atomic E-state index is 0.290. The molecule has 0 aliphatic carbocycles. The normalized spacial score (nSPS) is 17.2. The average molecular weight is 386 g/mol. The van der Waals surface area contributed by atoms with Gasteiger partial charge in [-0.1, -0.05) is 30.7 Å². The third-order valence-corrected chi connectivity index (χ3v) is 6.34. The van der Waals surface area contributed by atoms with Crippen LogP contribution in [0.4, 0.5) is 5.82 Å². The first-order valence-electron chi connectivity index (χ1n) is 10.4. The van der Waals surface area contributed by atoms with E-state index in [0.29, 0.717) is 5.82 Å². The Morgan fingerprint density at radius 3 is 2.62 bits per heavy atom. The number of pyridine rings is 2. The van der Waals surface area contributed by atoms with E-state index >= 15 is 0 Å². The predicted octanol–water partition coefficient (Wildman–Crippen LogP) is 5.12. The maximum atomic E-state index is 5.89. The number of hydrogen-bond donors (Lipinski definition) is 2. The van der Waals surface area contributed by atoms with Crippen LogP contribution < -0.4 is 5.73 Å². The lowest BCUT2D eigenvalue weighted by atomic mass is 9.90. The average Bonchev–Trinajstić information content (AvgIpc) is 3.07. The molecule has 1 aliphatic heterocycles. The Morgan fingerprint density at radius 1 is 1.00 bits per heavy atom. The van der Waals surface area contributed by atoms with Gasteiger partial charge in [0.05, 0.1) is 11.7 Å². The van der Waals surface area contributed by atoms with Crippen LogP contribution in [-0.2, 0) is 6.54 Å². The van der Waals surface area contributed by atoms with Crippen LogP contribution in [0.15, 0.2) is 48.8 Å². The van der Waals surface area contributed by atoms with Crippen LogP contribution in [-0.4, -0.2) is 31.9 Å². The second-order valence-corrected chi connectivity index (χ2v) is 8.79. The number of H-pyrrole nitrogens is 1. The fourth-order valence-corrected chi connectivity index (χ4v) is 4.49. The molecule has 3 N–H and O–H groups in total. The lowest BCUT2D eigenvalue weighted by molar-refractivity contribution is 0.0692. The molecule has 0 radical (unpaired) electrons. The molecule has 0 saturated carbocycles. The van der Waals surface area contributed by atoms with Gasteiger partial charge in [-0.05, 0) is 56.5 Å². The number of nitrogens with one attached hydrogen (secondary N) is 1. The van der Waals surface area contributed by atoms with E-state index in [4.69, 9.17) is 5.73 Å². The summed E-state index contributed by atoms with van der Waals surface area (Å²) in [5.41, 5.74) is 11.6. The van der Waals surface area contributed by atoms with Crippen LogP contribution >= 0.6 is 0 Å². The molecule has 0 atom stereocenters. The van der Waals surface area contributed by atoms with Crippen molar-refractivity contribution in [2.45, 2.75) is 45.2 Å². The number of anilines is 1. The lowest BCUT2D eigenvalue weighted by Crippen LogP contribution is -2.46. The Morgan fingerprint density at radius 2 is 1.83 bits per heavy atom. The van der Waals surface area contributed by atoms with Gasteiger partial charge in [0.15, 0.2) is 0 Å². The zero-order valence-corrected chi connectivity index (χ0v) is 17.1. The van der Waals surface area contributed by atoms with Gasteiger partial charge in [-0.25, -0.2) is 9.97 Å². The summed E-state index contributed by atoms with van der Waals surface area (Å²) < 4.78 is 0. The Balaban J connectivity index is 1.44. The fraction of sp³-hybridized carbons (Fsp3) is 0.333. The fourth-order valence-electron chi connectivity index (χ4n) is 4.49. The molecule has 29 heavy (non-hydrogen) atoms. The summed E-state index contributed by atoms with van der Waals surface area (Å²) >= 11 is 0. The Hall–Kier alpha value is -2.92. The van der Waals surface area contributed by atoms with Crippen molar-refractivity contribution >= 4 is 27.8 Å². The first-order valence-corrected chi connectivity index (χ1v) is 10.4. The van der Waals surface area contributed by atoms with Gasteiger partial charge in [-0.2, -0.15) is 0 Å². The predicted molar refractivity (Wildman–Crippen MR) is 120 cm³/mol. The third-order valence-electron chi connectivity index (χ3n) is 6.34. The molecule has 4 heterocycles. The minimum Gasteiger partial charge on any atom is -0.384 e. The van der Waals surface area contributed by atoms with Crippen molar-refractivity contribution in [3.8, 4) is 11.1 Å². The lowest BCUT2D eigenvalue weighted by Gasteiger charge is -2.42. The van der Waals surface area contributed by atoms with Crippen LogP contribution in [0.3, 0.4) is 0 Å². The summed E-state index contributed by atoms with van der Waals surface area (Å²) in [7, 11) is 0. The highest BCUT2D eigenvalue weighted by Crippen LogP contribution is 2.31. The summed E-state index contributed by atoms with van der Waals surface area (Å²) in [5, 5.41) is 2.14. The van der Waals surface area contributed by atoms with Gasteiger partial charge in [0.25, 0.3) is 0 Å². The molecule has 3 aromatic heterocycles. The molecule has 1 aliphatic rings. The van der Waals surface area contributed by atoms with E-state index in [1.54, 1.807) is 6.20 Å². The summed E-state index contributed by atoms with van der Waals surface area (Å²) in [5.74, 6) is 0.522. The zero-order chi connectivity index (χ0) is 20.0. The van der Waals surface area contributed by atoms with E-state index in [9.17, 15) is 0 Å². The van der Waals surface area contributed by atoms with Gasteiger partial charge in [-0.15, -0.1) is 0 Å². The highest BCUT2D eigenvalue weighted by Gasteiger charge is 2.29. The van der Waals surface area contributed by atoms with Crippen LogP contribution in [0.2, 0.25) is 0 Å². The van der Waals surface area contributed by atoms with Gasteiger partial charge < -0.3 is 10.7 Å². The van der Waals surface area contributed by atoms with E-state index < -0.39 is 0 Å². The van der Waals surface area contributed by atoms with Gasteiger partial charge in [0.1, 0.15) is 11.5 Å². The number of nitrogens with two attached hydrogens (primary N) is 1. The largest absolute Gasteiger partial charge is 0.384 e. The molecule has 4 aromatic rings. The van der Waals surface area contributed by atoms with Crippen molar-refractivity contribution in [1.82, 2.24) is 19.9 Å². The maximum absolute atomic E-state index is 5.89. The monoisotopic (exact) mass is 385 g/mol. The zero-order valence-electron chi connectivity index (χ0n) is 17.1. The molecule has 5 rings (SSSR count). The SMILES string of the molecule is CC1(C)CCCCN1Cc1ccc(-c2cnc3[nH]c4cnc(N)cc4c3c2)cc1. The number of nitrogens with zero attached hydrogens (tertiary/aromatic N) is 3. The van der Waals surface area contributed by atoms with Crippen molar-refractivity contribution in [3.05, 3.63) is 54.4 Å². The van der Waals surface area contributed by atoms with Gasteiger partial charge in [0, 0.05) is 34.6 Å².